The Hall–Kier alpha value is -1.31. The van der Waals surface area contributed by atoms with Crippen molar-refractivity contribution in [2.75, 3.05) is 13.2 Å². The quantitative estimate of drug-likeness (QED) is 0.782. The Morgan fingerprint density at radius 3 is 3.06 bits per heavy atom. The lowest BCUT2D eigenvalue weighted by Gasteiger charge is -2.19. The first-order valence-electron chi connectivity index (χ1n) is 4.90. The fraction of sp³-hybridized carbons (Fsp3) is 0.250. The van der Waals surface area contributed by atoms with Crippen molar-refractivity contribution in [1.29, 1.82) is 5.26 Å². The molecule has 0 aliphatic carbocycles. The van der Waals surface area contributed by atoms with Gasteiger partial charge in [0.1, 0.15) is 17.9 Å². The van der Waals surface area contributed by atoms with Gasteiger partial charge in [0, 0.05) is 4.47 Å². The van der Waals surface area contributed by atoms with Crippen molar-refractivity contribution < 1.29 is 9.47 Å². The third kappa shape index (κ3) is 2.63. The zero-order chi connectivity index (χ0) is 11.4. The molecule has 1 atom stereocenters. The molecule has 0 amide bonds. The smallest absolute Gasteiger partial charge is 0.140 e. The zero-order valence-electron chi connectivity index (χ0n) is 8.52. The van der Waals surface area contributed by atoms with Crippen LogP contribution in [-0.4, -0.2) is 19.3 Å². The number of ether oxygens (including phenoxy) is 2. The number of benzene rings is 1. The predicted molar refractivity (Wildman–Crippen MR) is 63.2 cm³/mol. The van der Waals surface area contributed by atoms with Crippen LogP contribution in [0.15, 0.2) is 34.8 Å². The van der Waals surface area contributed by atoms with Gasteiger partial charge < -0.3 is 9.47 Å². The Balaban J connectivity index is 2.17. The Morgan fingerprint density at radius 2 is 2.38 bits per heavy atom. The maximum absolute atomic E-state index is 8.97. The van der Waals surface area contributed by atoms with Crippen LogP contribution < -0.4 is 4.74 Å². The van der Waals surface area contributed by atoms with Crippen molar-refractivity contribution in [1.82, 2.24) is 0 Å². The van der Waals surface area contributed by atoms with E-state index in [0.717, 1.165) is 4.47 Å². The van der Waals surface area contributed by atoms with Gasteiger partial charge in [-0.2, -0.15) is 5.26 Å². The average molecular weight is 280 g/mol. The molecule has 1 aliphatic rings. The first-order valence-corrected chi connectivity index (χ1v) is 5.69. The Kier molecular flexibility index (Phi) is 3.60. The van der Waals surface area contributed by atoms with Gasteiger partial charge in [-0.05, 0) is 24.3 Å². The van der Waals surface area contributed by atoms with E-state index < -0.39 is 0 Å². The first kappa shape index (κ1) is 11.2. The molecule has 0 fully saturated rings. The van der Waals surface area contributed by atoms with Crippen LogP contribution in [-0.2, 0) is 4.74 Å². The van der Waals surface area contributed by atoms with Gasteiger partial charge in [-0.3, -0.25) is 0 Å². The lowest BCUT2D eigenvalue weighted by atomic mass is 10.2. The molecule has 1 heterocycles. The maximum Gasteiger partial charge on any atom is 0.140 e. The Labute approximate surface area is 102 Å². The molecule has 1 aliphatic heterocycles. The predicted octanol–water partition coefficient (Wildman–Crippen LogP) is 2.65. The molecule has 0 spiro atoms. The topological polar surface area (TPSA) is 42.2 Å². The second kappa shape index (κ2) is 5.15. The number of nitriles is 1. The summed E-state index contributed by atoms with van der Waals surface area (Å²) in [5.74, 6) is 0.589. The number of halogens is 1. The minimum atomic E-state index is -0.109. The third-order valence-electron chi connectivity index (χ3n) is 2.19. The summed E-state index contributed by atoms with van der Waals surface area (Å²) < 4.78 is 11.8. The molecule has 1 aromatic rings. The number of hydrogen-bond acceptors (Lipinski definition) is 3. The van der Waals surface area contributed by atoms with Crippen LogP contribution in [0, 0.1) is 11.3 Å². The van der Waals surface area contributed by atoms with E-state index in [0.29, 0.717) is 24.5 Å². The van der Waals surface area contributed by atoms with Gasteiger partial charge in [0.2, 0.25) is 0 Å². The van der Waals surface area contributed by atoms with E-state index in [2.05, 4.69) is 22.0 Å². The summed E-state index contributed by atoms with van der Waals surface area (Å²) in [4.78, 5) is 0. The molecule has 0 saturated heterocycles. The fourth-order valence-corrected chi connectivity index (χ4v) is 1.80. The van der Waals surface area contributed by atoms with Crippen LogP contribution in [0.4, 0.5) is 0 Å². The Bertz CT molecular complexity index is 451. The van der Waals surface area contributed by atoms with Gasteiger partial charge in [0.05, 0.1) is 18.8 Å². The number of nitrogens with zero attached hydrogens (tertiary/aromatic N) is 1. The van der Waals surface area contributed by atoms with Crippen LogP contribution in [0.1, 0.15) is 5.56 Å². The van der Waals surface area contributed by atoms with Crippen molar-refractivity contribution in [3.63, 3.8) is 0 Å². The average Bonchev–Trinajstić information content (AvgIpc) is 2.33. The van der Waals surface area contributed by atoms with Crippen molar-refractivity contribution in [2.24, 2.45) is 0 Å². The molecule has 2 rings (SSSR count). The van der Waals surface area contributed by atoms with Crippen LogP contribution in [0.25, 0.3) is 0 Å². The molecule has 0 unspecified atom stereocenters. The lowest BCUT2D eigenvalue weighted by molar-refractivity contribution is 0.0752. The zero-order valence-corrected chi connectivity index (χ0v) is 10.1. The Morgan fingerprint density at radius 1 is 1.50 bits per heavy atom. The molecular formula is C12H10BrNO2. The van der Waals surface area contributed by atoms with Crippen LogP contribution in [0.5, 0.6) is 5.75 Å². The normalized spacial score (nSPS) is 19.1. The van der Waals surface area contributed by atoms with Gasteiger partial charge in [-0.25, -0.2) is 0 Å². The minimum absolute atomic E-state index is 0.109. The van der Waals surface area contributed by atoms with Crippen molar-refractivity contribution >= 4 is 15.9 Å². The standard InChI is InChI=1S/C12H10BrNO2/c13-10-3-4-12(9(6-10)7-14)16-11-2-1-5-15-8-11/h1-4,6,11H,5,8H2/t11-/m0/s1. The lowest BCUT2D eigenvalue weighted by Crippen LogP contribution is -2.24. The van der Waals surface area contributed by atoms with Crippen LogP contribution >= 0.6 is 15.9 Å². The monoisotopic (exact) mass is 279 g/mol. The van der Waals surface area contributed by atoms with E-state index in [1.165, 1.54) is 0 Å². The first-order chi connectivity index (χ1) is 7.79. The molecule has 4 heteroatoms. The second-order valence-electron chi connectivity index (χ2n) is 3.37. The number of hydrogen-bond donors (Lipinski definition) is 0. The highest BCUT2D eigenvalue weighted by Crippen LogP contribution is 2.24. The maximum atomic E-state index is 8.97. The summed E-state index contributed by atoms with van der Waals surface area (Å²) in [6.45, 7) is 1.16. The van der Waals surface area contributed by atoms with Crippen LogP contribution in [0.3, 0.4) is 0 Å². The molecule has 0 radical (unpaired) electrons. The molecule has 0 N–H and O–H groups in total. The summed E-state index contributed by atoms with van der Waals surface area (Å²) in [6.07, 6.45) is 3.76. The molecule has 82 valence electrons. The number of rotatable bonds is 2. The SMILES string of the molecule is N#Cc1cc(Br)ccc1O[C@H]1C=CCOC1. The van der Waals surface area contributed by atoms with E-state index in [9.17, 15) is 0 Å². The second-order valence-corrected chi connectivity index (χ2v) is 4.29. The summed E-state index contributed by atoms with van der Waals surface area (Å²) in [6, 6.07) is 7.48. The minimum Gasteiger partial charge on any atom is -0.483 e. The van der Waals surface area contributed by atoms with E-state index in [1.54, 1.807) is 12.1 Å². The van der Waals surface area contributed by atoms with Crippen molar-refractivity contribution in [3.05, 3.63) is 40.4 Å². The molecule has 3 nitrogen and oxygen atoms in total. The summed E-state index contributed by atoms with van der Waals surface area (Å²) in [5.41, 5.74) is 0.522. The highest BCUT2D eigenvalue weighted by Gasteiger charge is 2.12. The van der Waals surface area contributed by atoms with Gasteiger partial charge >= 0.3 is 0 Å². The molecule has 0 bridgehead atoms. The van der Waals surface area contributed by atoms with Crippen molar-refractivity contribution in [2.45, 2.75) is 6.10 Å². The third-order valence-corrected chi connectivity index (χ3v) is 2.68. The van der Waals surface area contributed by atoms with Gasteiger partial charge in [-0.15, -0.1) is 0 Å². The van der Waals surface area contributed by atoms with E-state index in [-0.39, 0.29) is 6.10 Å². The largest absolute Gasteiger partial charge is 0.483 e. The highest BCUT2D eigenvalue weighted by molar-refractivity contribution is 9.10. The summed E-state index contributed by atoms with van der Waals surface area (Å²) in [5, 5.41) is 8.97. The van der Waals surface area contributed by atoms with E-state index in [4.69, 9.17) is 14.7 Å². The van der Waals surface area contributed by atoms with E-state index >= 15 is 0 Å². The van der Waals surface area contributed by atoms with Gasteiger partial charge in [-0.1, -0.05) is 22.0 Å². The molecule has 0 saturated carbocycles. The van der Waals surface area contributed by atoms with Crippen molar-refractivity contribution in [3.8, 4) is 11.8 Å². The van der Waals surface area contributed by atoms with Gasteiger partial charge in [0.15, 0.2) is 0 Å². The van der Waals surface area contributed by atoms with E-state index in [1.807, 2.05) is 18.2 Å². The highest BCUT2D eigenvalue weighted by atomic mass is 79.9. The fourth-order valence-electron chi connectivity index (χ4n) is 1.44. The summed E-state index contributed by atoms with van der Waals surface area (Å²) >= 11 is 3.32. The molecular weight excluding hydrogens is 270 g/mol. The molecule has 0 aromatic heterocycles. The molecule has 16 heavy (non-hydrogen) atoms. The van der Waals surface area contributed by atoms with Gasteiger partial charge in [0.25, 0.3) is 0 Å². The molecule has 1 aromatic carbocycles. The van der Waals surface area contributed by atoms with Crippen LogP contribution in [0.2, 0.25) is 0 Å². The summed E-state index contributed by atoms with van der Waals surface area (Å²) in [7, 11) is 0.